The number of fused-ring (bicyclic) bond motifs is 1. The fourth-order valence-electron chi connectivity index (χ4n) is 1.46. The van der Waals surface area contributed by atoms with E-state index in [4.69, 9.17) is 9.47 Å². The molecular weight excluding hydrogens is 116 g/mol. The van der Waals surface area contributed by atoms with E-state index < -0.39 is 0 Å². The van der Waals surface area contributed by atoms with Crippen LogP contribution in [0.15, 0.2) is 0 Å². The molecule has 52 valence electrons. The molecule has 0 N–H and O–H groups in total. The van der Waals surface area contributed by atoms with Gasteiger partial charge < -0.3 is 9.47 Å². The number of hydrogen-bond acceptors (Lipinski definition) is 2. The molecule has 2 unspecified atom stereocenters. The molecule has 2 heterocycles. The number of hydrogen-bond donors (Lipinski definition) is 0. The average molecular weight is 128 g/mol. The second-order valence-electron chi connectivity index (χ2n) is 2.85. The monoisotopic (exact) mass is 128 g/mol. The van der Waals surface area contributed by atoms with Crippen LogP contribution in [0.4, 0.5) is 0 Å². The lowest BCUT2D eigenvalue weighted by molar-refractivity contribution is -0.128. The first-order valence-electron chi connectivity index (χ1n) is 3.66. The summed E-state index contributed by atoms with van der Waals surface area (Å²) in [6.07, 6.45) is 2.94. The Morgan fingerprint density at radius 2 is 2.22 bits per heavy atom. The molecule has 0 spiro atoms. The molecule has 0 aliphatic carbocycles. The van der Waals surface area contributed by atoms with Crippen molar-refractivity contribution in [3.8, 4) is 0 Å². The molecule has 2 fully saturated rings. The van der Waals surface area contributed by atoms with Crippen LogP contribution in [0.2, 0.25) is 0 Å². The van der Waals surface area contributed by atoms with E-state index in [0.717, 1.165) is 25.7 Å². The van der Waals surface area contributed by atoms with Crippen LogP contribution in [0.1, 0.15) is 12.8 Å². The maximum Gasteiger partial charge on any atom is 0.0648 e. The van der Waals surface area contributed by atoms with Gasteiger partial charge in [0.25, 0.3) is 0 Å². The summed E-state index contributed by atoms with van der Waals surface area (Å²) in [6, 6.07) is 0. The molecule has 0 radical (unpaired) electrons. The Balaban J connectivity index is 1.90. The first-order valence-corrected chi connectivity index (χ1v) is 3.66. The number of ether oxygens (including phenoxy) is 2. The standard InChI is InChI=1S/C7H12O2/c1-2-7-6(5-9-7)4-8-3-1/h6-7H,1-5H2. The first-order chi connectivity index (χ1) is 4.47. The molecule has 0 bridgehead atoms. The van der Waals surface area contributed by atoms with Crippen molar-refractivity contribution in [1.29, 1.82) is 0 Å². The maximum atomic E-state index is 5.35. The van der Waals surface area contributed by atoms with E-state index in [-0.39, 0.29) is 0 Å². The smallest absolute Gasteiger partial charge is 0.0648 e. The molecule has 2 aliphatic rings. The van der Waals surface area contributed by atoms with E-state index in [1.54, 1.807) is 0 Å². The molecule has 2 aliphatic heterocycles. The lowest BCUT2D eigenvalue weighted by Gasteiger charge is -2.34. The topological polar surface area (TPSA) is 18.5 Å². The zero-order chi connectivity index (χ0) is 6.10. The van der Waals surface area contributed by atoms with Crippen molar-refractivity contribution in [2.75, 3.05) is 19.8 Å². The molecule has 0 aromatic carbocycles. The lowest BCUT2D eigenvalue weighted by atomic mass is 9.96. The van der Waals surface area contributed by atoms with Crippen molar-refractivity contribution in [2.45, 2.75) is 18.9 Å². The fourth-order valence-corrected chi connectivity index (χ4v) is 1.46. The Bertz CT molecular complexity index is 91.1. The summed E-state index contributed by atoms with van der Waals surface area (Å²) >= 11 is 0. The summed E-state index contributed by atoms with van der Waals surface area (Å²) in [5.41, 5.74) is 0. The maximum absolute atomic E-state index is 5.35. The third-order valence-electron chi connectivity index (χ3n) is 2.16. The normalized spacial score (nSPS) is 42.7. The quantitative estimate of drug-likeness (QED) is 0.480. The summed E-state index contributed by atoms with van der Waals surface area (Å²) in [5, 5.41) is 0. The summed E-state index contributed by atoms with van der Waals surface area (Å²) < 4.78 is 10.7. The van der Waals surface area contributed by atoms with Crippen molar-refractivity contribution in [3.05, 3.63) is 0 Å². The van der Waals surface area contributed by atoms with Gasteiger partial charge in [0.05, 0.1) is 19.3 Å². The predicted molar refractivity (Wildman–Crippen MR) is 33.3 cm³/mol. The van der Waals surface area contributed by atoms with Crippen molar-refractivity contribution in [3.63, 3.8) is 0 Å². The third-order valence-corrected chi connectivity index (χ3v) is 2.16. The van der Waals surface area contributed by atoms with Crippen LogP contribution < -0.4 is 0 Å². The van der Waals surface area contributed by atoms with Crippen molar-refractivity contribution in [2.24, 2.45) is 5.92 Å². The second kappa shape index (κ2) is 2.27. The van der Waals surface area contributed by atoms with Crippen LogP contribution in [0, 0.1) is 5.92 Å². The van der Waals surface area contributed by atoms with Crippen molar-refractivity contribution in [1.82, 2.24) is 0 Å². The largest absolute Gasteiger partial charge is 0.381 e. The van der Waals surface area contributed by atoms with E-state index >= 15 is 0 Å². The minimum Gasteiger partial charge on any atom is -0.381 e. The third kappa shape index (κ3) is 0.970. The van der Waals surface area contributed by atoms with Crippen LogP contribution >= 0.6 is 0 Å². The predicted octanol–water partition coefficient (Wildman–Crippen LogP) is 0.812. The summed E-state index contributed by atoms with van der Waals surface area (Å²) in [5.74, 6) is 0.729. The van der Waals surface area contributed by atoms with Gasteiger partial charge in [-0.2, -0.15) is 0 Å². The molecular formula is C7H12O2. The highest BCUT2D eigenvalue weighted by Crippen LogP contribution is 2.26. The van der Waals surface area contributed by atoms with Gasteiger partial charge in [0.15, 0.2) is 0 Å². The highest BCUT2D eigenvalue weighted by atomic mass is 16.5. The molecule has 2 rings (SSSR count). The molecule has 0 amide bonds. The van der Waals surface area contributed by atoms with Crippen LogP contribution in [-0.4, -0.2) is 25.9 Å². The van der Waals surface area contributed by atoms with Gasteiger partial charge in [-0.15, -0.1) is 0 Å². The molecule has 0 saturated carbocycles. The number of rotatable bonds is 0. The van der Waals surface area contributed by atoms with Crippen LogP contribution in [0.25, 0.3) is 0 Å². The highest BCUT2D eigenvalue weighted by molar-refractivity contribution is 4.79. The molecule has 2 atom stereocenters. The molecule has 0 aromatic rings. The van der Waals surface area contributed by atoms with E-state index in [1.807, 2.05) is 0 Å². The highest BCUT2D eigenvalue weighted by Gasteiger charge is 2.32. The average Bonchev–Trinajstić information content (AvgIpc) is 1.94. The molecule has 2 heteroatoms. The zero-order valence-corrected chi connectivity index (χ0v) is 5.51. The van der Waals surface area contributed by atoms with Crippen LogP contribution in [-0.2, 0) is 9.47 Å². The van der Waals surface area contributed by atoms with Gasteiger partial charge >= 0.3 is 0 Å². The van der Waals surface area contributed by atoms with Crippen molar-refractivity contribution >= 4 is 0 Å². The van der Waals surface area contributed by atoms with Crippen LogP contribution in [0.5, 0.6) is 0 Å². The summed E-state index contributed by atoms with van der Waals surface area (Å²) in [4.78, 5) is 0. The SMILES string of the molecule is C1COCC2COC2C1. The second-order valence-corrected chi connectivity index (χ2v) is 2.85. The minimum atomic E-state index is 0.549. The lowest BCUT2D eigenvalue weighted by Crippen LogP contribution is -2.40. The summed E-state index contributed by atoms with van der Waals surface area (Å²) in [6.45, 7) is 2.81. The molecule has 2 nitrogen and oxygen atoms in total. The van der Waals surface area contributed by atoms with Gasteiger partial charge in [-0.05, 0) is 12.8 Å². The minimum absolute atomic E-state index is 0.549. The van der Waals surface area contributed by atoms with Gasteiger partial charge in [0.2, 0.25) is 0 Å². The van der Waals surface area contributed by atoms with Crippen molar-refractivity contribution < 1.29 is 9.47 Å². The summed E-state index contributed by atoms with van der Waals surface area (Å²) in [7, 11) is 0. The van der Waals surface area contributed by atoms with Crippen LogP contribution in [0.3, 0.4) is 0 Å². The van der Waals surface area contributed by atoms with E-state index in [2.05, 4.69) is 0 Å². The Morgan fingerprint density at radius 1 is 1.22 bits per heavy atom. The first kappa shape index (κ1) is 5.69. The zero-order valence-electron chi connectivity index (χ0n) is 5.51. The Hall–Kier alpha value is -0.0800. The van der Waals surface area contributed by atoms with Gasteiger partial charge in [-0.3, -0.25) is 0 Å². The fraction of sp³-hybridized carbons (Fsp3) is 1.00. The Labute approximate surface area is 55.1 Å². The van der Waals surface area contributed by atoms with Gasteiger partial charge in [0, 0.05) is 12.5 Å². The van der Waals surface area contributed by atoms with E-state index in [9.17, 15) is 0 Å². The Kier molecular flexibility index (Phi) is 1.44. The molecule has 2 saturated heterocycles. The Morgan fingerprint density at radius 3 is 3.00 bits per heavy atom. The molecule has 0 aromatic heterocycles. The molecule has 9 heavy (non-hydrogen) atoms. The van der Waals surface area contributed by atoms with E-state index in [0.29, 0.717) is 6.10 Å². The van der Waals surface area contributed by atoms with E-state index in [1.165, 1.54) is 12.8 Å². The van der Waals surface area contributed by atoms with Gasteiger partial charge in [-0.1, -0.05) is 0 Å². The van der Waals surface area contributed by atoms with Gasteiger partial charge in [-0.25, -0.2) is 0 Å². The van der Waals surface area contributed by atoms with Gasteiger partial charge in [0.1, 0.15) is 0 Å².